The molecule has 0 radical (unpaired) electrons. The topological polar surface area (TPSA) is 34.2 Å². The summed E-state index contributed by atoms with van der Waals surface area (Å²) >= 11 is 0. The van der Waals surface area contributed by atoms with Crippen molar-refractivity contribution in [1.29, 1.82) is 0 Å². The molecule has 0 spiro atoms. The number of halogens is 2. The van der Waals surface area contributed by atoms with E-state index >= 15 is 0 Å². The van der Waals surface area contributed by atoms with Gasteiger partial charge < -0.3 is 19.1 Å². The van der Waals surface area contributed by atoms with Crippen LogP contribution in [0.1, 0.15) is 23.7 Å². The molecule has 25 heavy (non-hydrogen) atoms. The zero-order valence-electron chi connectivity index (χ0n) is 15.3. The van der Waals surface area contributed by atoms with Crippen LogP contribution in [0.25, 0.3) is 0 Å². The predicted octanol–water partition coefficient (Wildman–Crippen LogP) is 2.80. The molecule has 1 saturated heterocycles. The average Bonchev–Trinajstić information content (AvgIpc) is 2.77. The van der Waals surface area contributed by atoms with E-state index in [4.69, 9.17) is 14.2 Å². The number of hydrogen-bond donors (Lipinski definition) is 0. The second kappa shape index (κ2) is 10.4. The Bertz CT molecular complexity index is 537. The highest BCUT2D eigenvalue weighted by Gasteiger charge is 2.25. The van der Waals surface area contributed by atoms with Crippen LogP contribution < -0.4 is 9.47 Å². The van der Waals surface area contributed by atoms with Crippen LogP contribution in [0.3, 0.4) is 0 Å². The number of aryl methyl sites for hydroxylation is 1. The lowest BCUT2D eigenvalue weighted by Crippen LogP contribution is -2.46. The monoisotopic (exact) mass is 392 g/mol. The minimum atomic E-state index is 0. The van der Waals surface area contributed by atoms with E-state index in [1.165, 1.54) is 11.1 Å². The second-order valence-electron chi connectivity index (χ2n) is 6.47. The summed E-state index contributed by atoms with van der Waals surface area (Å²) in [7, 11) is 5.57. The van der Waals surface area contributed by atoms with Gasteiger partial charge >= 0.3 is 0 Å². The maximum absolute atomic E-state index is 6.18. The Morgan fingerprint density at radius 2 is 1.68 bits per heavy atom. The molecule has 1 atom stereocenters. The first kappa shape index (κ1) is 22.3. The summed E-state index contributed by atoms with van der Waals surface area (Å²) in [4.78, 5) is 4.89. The minimum Gasteiger partial charge on any atom is -0.493 e. The molecule has 0 amide bonds. The van der Waals surface area contributed by atoms with E-state index in [9.17, 15) is 0 Å². The Kier molecular flexibility index (Phi) is 9.32. The van der Waals surface area contributed by atoms with Crippen molar-refractivity contribution in [2.75, 3.05) is 60.6 Å². The van der Waals surface area contributed by atoms with Crippen molar-refractivity contribution in [2.24, 2.45) is 0 Å². The van der Waals surface area contributed by atoms with Gasteiger partial charge in [-0.25, -0.2) is 0 Å². The van der Waals surface area contributed by atoms with E-state index in [0.29, 0.717) is 0 Å². The summed E-state index contributed by atoms with van der Waals surface area (Å²) in [6, 6.07) is 4.24. The number of fused-ring (bicyclic) bond motifs is 1. The summed E-state index contributed by atoms with van der Waals surface area (Å²) in [5.74, 6) is 1.60. The molecular weight excluding hydrogens is 363 g/mol. The molecule has 7 heteroatoms. The Morgan fingerprint density at radius 1 is 1.04 bits per heavy atom. The van der Waals surface area contributed by atoms with Crippen LogP contribution in [0.2, 0.25) is 0 Å². The van der Waals surface area contributed by atoms with E-state index in [0.717, 1.165) is 63.7 Å². The van der Waals surface area contributed by atoms with Gasteiger partial charge in [0, 0.05) is 39.3 Å². The van der Waals surface area contributed by atoms with E-state index in [-0.39, 0.29) is 30.9 Å². The molecule has 0 N–H and O–H groups in total. The highest BCUT2D eigenvalue weighted by Crippen LogP contribution is 2.36. The van der Waals surface area contributed by atoms with E-state index in [1.807, 2.05) is 0 Å². The lowest BCUT2D eigenvalue weighted by atomic mass is 9.98. The number of benzene rings is 1. The first-order valence-corrected chi connectivity index (χ1v) is 8.48. The third kappa shape index (κ3) is 5.38. The predicted molar refractivity (Wildman–Crippen MR) is 105 cm³/mol. The first-order chi connectivity index (χ1) is 11.2. The summed E-state index contributed by atoms with van der Waals surface area (Å²) in [5, 5.41) is 0. The Hall–Kier alpha value is -0.720. The SMILES string of the molecule is COc1cc2c(cc1OC)C(CN1CCN(C)CC1)OCCC2.Cl.Cl. The lowest BCUT2D eigenvalue weighted by molar-refractivity contribution is 0.0173. The second-order valence-corrected chi connectivity index (χ2v) is 6.47. The van der Waals surface area contributed by atoms with Crippen molar-refractivity contribution in [2.45, 2.75) is 18.9 Å². The largest absolute Gasteiger partial charge is 0.493 e. The maximum Gasteiger partial charge on any atom is 0.161 e. The van der Waals surface area contributed by atoms with E-state index in [2.05, 4.69) is 29.0 Å². The Labute approximate surface area is 163 Å². The first-order valence-electron chi connectivity index (χ1n) is 8.48. The fourth-order valence-corrected chi connectivity index (χ4v) is 3.45. The van der Waals surface area contributed by atoms with Crippen molar-refractivity contribution in [3.05, 3.63) is 23.3 Å². The van der Waals surface area contributed by atoms with Crippen LogP contribution in [0, 0.1) is 0 Å². The number of hydrogen-bond acceptors (Lipinski definition) is 5. The van der Waals surface area contributed by atoms with Crippen LogP contribution in [-0.2, 0) is 11.2 Å². The van der Waals surface area contributed by atoms with Gasteiger partial charge in [0.2, 0.25) is 0 Å². The van der Waals surface area contributed by atoms with Crippen LogP contribution in [-0.4, -0.2) is 70.4 Å². The third-order valence-corrected chi connectivity index (χ3v) is 4.92. The van der Waals surface area contributed by atoms with Gasteiger partial charge in [-0.1, -0.05) is 0 Å². The molecule has 1 fully saturated rings. The van der Waals surface area contributed by atoms with Gasteiger partial charge in [-0.3, -0.25) is 4.90 Å². The highest BCUT2D eigenvalue weighted by atomic mass is 35.5. The molecule has 0 bridgehead atoms. The maximum atomic E-state index is 6.18. The molecule has 1 unspecified atom stereocenters. The molecule has 2 aliphatic heterocycles. The van der Waals surface area contributed by atoms with Crippen molar-refractivity contribution >= 4 is 24.8 Å². The van der Waals surface area contributed by atoms with Gasteiger partial charge in [-0.2, -0.15) is 0 Å². The zero-order valence-corrected chi connectivity index (χ0v) is 17.0. The molecule has 1 aromatic carbocycles. The number of nitrogens with zero attached hydrogens (tertiary/aromatic N) is 2. The molecule has 2 heterocycles. The summed E-state index contributed by atoms with van der Waals surface area (Å²) in [5.41, 5.74) is 2.60. The fraction of sp³-hybridized carbons (Fsp3) is 0.667. The smallest absolute Gasteiger partial charge is 0.161 e. The summed E-state index contributed by atoms with van der Waals surface area (Å²) in [6.45, 7) is 6.25. The average molecular weight is 393 g/mol. The molecule has 144 valence electrons. The zero-order chi connectivity index (χ0) is 16.2. The van der Waals surface area contributed by atoms with Crippen LogP contribution in [0.4, 0.5) is 0 Å². The summed E-state index contributed by atoms with van der Waals surface area (Å²) in [6.07, 6.45) is 2.21. The number of likely N-dealkylation sites (N-methyl/N-ethyl adjacent to an activating group) is 1. The molecule has 5 nitrogen and oxygen atoms in total. The van der Waals surface area contributed by atoms with Gasteiger partial charge in [0.1, 0.15) is 0 Å². The number of methoxy groups -OCH3 is 2. The molecule has 0 saturated carbocycles. The van der Waals surface area contributed by atoms with Gasteiger partial charge in [0.15, 0.2) is 11.5 Å². The molecule has 0 aliphatic carbocycles. The Balaban J connectivity index is 0.00000156. The van der Waals surface area contributed by atoms with Crippen LogP contribution in [0.5, 0.6) is 11.5 Å². The third-order valence-electron chi connectivity index (χ3n) is 4.92. The van der Waals surface area contributed by atoms with Gasteiger partial charge in [-0.15, -0.1) is 24.8 Å². The fourth-order valence-electron chi connectivity index (χ4n) is 3.45. The van der Waals surface area contributed by atoms with Crippen LogP contribution >= 0.6 is 24.8 Å². The van der Waals surface area contributed by atoms with E-state index in [1.54, 1.807) is 14.2 Å². The lowest BCUT2D eigenvalue weighted by Gasteiger charge is -2.34. The van der Waals surface area contributed by atoms with Gasteiger partial charge in [-0.05, 0) is 43.1 Å². The van der Waals surface area contributed by atoms with Crippen LogP contribution in [0.15, 0.2) is 12.1 Å². The van der Waals surface area contributed by atoms with Crippen molar-refractivity contribution in [3.8, 4) is 11.5 Å². The molecular formula is C18H30Cl2N2O3. The molecule has 2 aliphatic rings. The quantitative estimate of drug-likeness (QED) is 0.786. The van der Waals surface area contributed by atoms with Gasteiger partial charge in [0.25, 0.3) is 0 Å². The Morgan fingerprint density at radius 3 is 2.32 bits per heavy atom. The molecule has 1 aromatic rings. The van der Waals surface area contributed by atoms with Crippen molar-refractivity contribution in [1.82, 2.24) is 9.80 Å². The minimum absolute atomic E-state index is 0. The number of ether oxygens (including phenoxy) is 3. The standard InChI is InChI=1S/C18H28N2O3.2ClH/c1-19-6-8-20(9-7-19)13-18-15-12-17(22-3)16(21-2)11-14(15)5-4-10-23-18;;/h11-12,18H,4-10,13H2,1-3H3;2*1H. The molecule has 0 aromatic heterocycles. The highest BCUT2D eigenvalue weighted by molar-refractivity contribution is 5.85. The summed E-state index contributed by atoms with van der Waals surface area (Å²) < 4.78 is 17.1. The normalized spacial score (nSPS) is 21.3. The van der Waals surface area contributed by atoms with E-state index < -0.39 is 0 Å². The van der Waals surface area contributed by atoms with Crippen molar-refractivity contribution < 1.29 is 14.2 Å². The number of piperazine rings is 1. The molecule has 3 rings (SSSR count). The number of rotatable bonds is 4. The van der Waals surface area contributed by atoms with Crippen molar-refractivity contribution in [3.63, 3.8) is 0 Å². The van der Waals surface area contributed by atoms with Gasteiger partial charge in [0.05, 0.1) is 20.3 Å².